The third kappa shape index (κ3) is 4.63. The van der Waals surface area contributed by atoms with Crippen molar-refractivity contribution in [1.29, 1.82) is 0 Å². The summed E-state index contributed by atoms with van der Waals surface area (Å²) in [4.78, 5) is 2.88. The van der Waals surface area contributed by atoms with Crippen molar-refractivity contribution >= 4 is 49.6 Å². The van der Waals surface area contributed by atoms with E-state index in [-0.39, 0.29) is 0 Å². The number of anilines is 1. The zero-order valence-corrected chi connectivity index (χ0v) is 25.7. The van der Waals surface area contributed by atoms with Gasteiger partial charge in [-0.15, -0.1) is 0 Å². The number of hydrogen-bond donors (Lipinski definition) is 0. The monoisotopic (exact) mass is 589 g/mol. The van der Waals surface area contributed by atoms with Gasteiger partial charge in [0.15, 0.2) is 11.2 Å². The maximum absolute atomic E-state index is 6.69. The van der Waals surface area contributed by atoms with Crippen molar-refractivity contribution in [3.05, 3.63) is 126 Å². The van der Waals surface area contributed by atoms with Crippen LogP contribution in [0.3, 0.4) is 0 Å². The molecule has 9 rings (SSSR count). The molecule has 2 saturated carbocycles. The van der Waals surface area contributed by atoms with E-state index in [0.29, 0.717) is 23.9 Å². The van der Waals surface area contributed by atoms with E-state index in [1.807, 2.05) is 0 Å². The molecule has 3 heteroatoms. The van der Waals surface area contributed by atoms with Gasteiger partial charge in [-0.3, -0.25) is 0 Å². The average molecular weight is 590 g/mol. The average Bonchev–Trinajstić information content (AvgIpc) is 3.69. The molecule has 0 unspecified atom stereocenters. The van der Waals surface area contributed by atoms with E-state index in [2.05, 4.69) is 120 Å². The number of para-hydroxylation sites is 2. The van der Waals surface area contributed by atoms with Gasteiger partial charge in [-0.1, -0.05) is 97.1 Å². The van der Waals surface area contributed by atoms with Crippen molar-refractivity contribution < 1.29 is 8.83 Å². The van der Waals surface area contributed by atoms with Crippen LogP contribution >= 0.6 is 0 Å². The van der Waals surface area contributed by atoms with Gasteiger partial charge in [0.25, 0.3) is 0 Å². The van der Waals surface area contributed by atoms with Gasteiger partial charge in [-0.25, -0.2) is 0 Å². The van der Waals surface area contributed by atoms with E-state index >= 15 is 0 Å². The van der Waals surface area contributed by atoms with E-state index in [1.54, 1.807) is 0 Å². The molecular formula is C42H39NO2. The van der Waals surface area contributed by atoms with Crippen LogP contribution in [0.25, 0.3) is 43.9 Å². The predicted octanol–water partition coefficient (Wildman–Crippen LogP) is 11.7. The van der Waals surface area contributed by atoms with Crippen LogP contribution in [-0.2, 0) is 0 Å². The third-order valence-corrected chi connectivity index (χ3v) is 11.0. The van der Waals surface area contributed by atoms with Gasteiger partial charge in [0, 0.05) is 33.9 Å². The van der Waals surface area contributed by atoms with Gasteiger partial charge >= 0.3 is 0 Å². The Morgan fingerprint density at radius 3 is 1.49 bits per heavy atom. The molecule has 5 aromatic carbocycles. The second-order valence-electron chi connectivity index (χ2n) is 13.4. The molecule has 2 fully saturated rings. The number of nitrogens with zero attached hydrogens (tertiary/aromatic N) is 1. The summed E-state index contributed by atoms with van der Waals surface area (Å²) in [6.45, 7) is 0. The fourth-order valence-corrected chi connectivity index (χ4v) is 8.77. The summed E-state index contributed by atoms with van der Waals surface area (Å²) in [5.74, 6) is 1.29. The molecular weight excluding hydrogens is 550 g/mol. The molecule has 0 spiro atoms. The Bertz CT molecular complexity index is 2030. The van der Waals surface area contributed by atoms with Crippen molar-refractivity contribution in [2.45, 2.75) is 75.3 Å². The second-order valence-corrected chi connectivity index (χ2v) is 13.4. The summed E-state index contributed by atoms with van der Waals surface area (Å²) in [5.41, 5.74) is 7.94. The van der Waals surface area contributed by atoms with Crippen molar-refractivity contribution in [3.63, 3.8) is 0 Å². The lowest BCUT2D eigenvalue weighted by molar-refractivity contribution is 0.311. The second kappa shape index (κ2) is 11.1. The fourth-order valence-electron chi connectivity index (χ4n) is 8.77. The Kier molecular flexibility index (Phi) is 6.65. The van der Waals surface area contributed by atoms with Crippen LogP contribution in [0.2, 0.25) is 0 Å². The first kappa shape index (κ1) is 26.9. The molecule has 0 radical (unpaired) electrons. The highest BCUT2D eigenvalue weighted by atomic mass is 16.4. The number of benzene rings is 5. The Morgan fingerprint density at radius 1 is 0.444 bits per heavy atom. The van der Waals surface area contributed by atoms with Crippen LogP contribution in [0.1, 0.15) is 74.3 Å². The van der Waals surface area contributed by atoms with Gasteiger partial charge in [0.1, 0.15) is 11.2 Å². The molecule has 2 aromatic heterocycles. The molecule has 3 nitrogen and oxygen atoms in total. The molecule has 2 aliphatic carbocycles. The molecule has 45 heavy (non-hydrogen) atoms. The van der Waals surface area contributed by atoms with E-state index < -0.39 is 0 Å². The van der Waals surface area contributed by atoms with Crippen LogP contribution in [0.15, 0.2) is 124 Å². The van der Waals surface area contributed by atoms with Crippen LogP contribution in [0, 0.1) is 0 Å². The summed E-state index contributed by atoms with van der Waals surface area (Å²) < 4.78 is 13.2. The molecule has 2 heterocycles. The highest BCUT2D eigenvalue weighted by Gasteiger charge is 2.36. The number of rotatable bonds is 5. The van der Waals surface area contributed by atoms with Gasteiger partial charge in [0.2, 0.25) is 0 Å². The Hall–Kier alpha value is -4.50. The largest absolute Gasteiger partial charge is 0.452 e. The topological polar surface area (TPSA) is 29.5 Å². The lowest BCUT2D eigenvalue weighted by Crippen LogP contribution is -2.46. The van der Waals surface area contributed by atoms with Crippen LogP contribution in [0.4, 0.5) is 5.69 Å². The summed E-state index contributed by atoms with van der Waals surface area (Å²) in [7, 11) is 0. The minimum Gasteiger partial charge on any atom is -0.452 e. The first-order valence-corrected chi connectivity index (χ1v) is 17.0. The molecule has 0 saturated heterocycles. The standard InChI is InChI=1S/C42H39NO2/c1-3-11-28(12-4-1)30-19-23-32(24-20-30)43(33-25-21-31(22-26-33)29-13-5-2-6-14-29)37-27-36-34-15-7-9-17-38(34)44-41(36)42-40(37)35-16-8-10-18-39(35)45-42/h1-18,27,30-33H,19-26H2. The maximum atomic E-state index is 6.69. The Morgan fingerprint density at radius 2 is 0.911 bits per heavy atom. The molecule has 224 valence electrons. The number of furan rings is 2. The minimum atomic E-state index is 0.496. The molecule has 0 atom stereocenters. The molecule has 0 bridgehead atoms. The zero-order valence-electron chi connectivity index (χ0n) is 25.7. The summed E-state index contributed by atoms with van der Waals surface area (Å²) >= 11 is 0. The first-order valence-electron chi connectivity index (χ1n) is 17.0. The van der Waals surface area contributed by atoms with Crippen LogP contribution < -0.4 is 4.90 Å². The smallest absolute Gasteiger partial charge is 0.180 e. The van der Waals surface area contributed by atoms with Crippen molar-refractivity contribution in [1.82, 2.24) is 0 Å². The van der Waals surface area contributed by atoms with Gasteiger partial charge in [-0.05, 0) is 92.5 Å². The number of fused-ring (bicyclic) bond motifs is 7. The maximum Gasteiger partial charge on any atom is 0.180 e. The molecule has 0 amide bonds. The van der Waals surface area contributed by atoms with E-state index in [0.717, 1.165) is 33.1 Å². The SMILES string of the molecule is c1ccc(C2CCC(N(c3cc4c5ccccc5oc4c4oc5ccccc5c34)C3CCC(c4ccccc4)CC3)CC2)cc1. The molecule has 0 N–H and O–H groups in total. The van der Waals surface area contributed by atoms with E-state index in [4.69, 9.17) is 8.83 Å². The quantitative estimate of drug-likeness (QED) is 0.200. The van der Waals surface area contributed by atoms with Gasteiger partial charge < -0.3 is 13.7 Å². The first-order chi connectivity index (χ1) is 22.3. The van der Waals surface area contributed by atoms with Crippen LogP contribution in [0.5, 0.6) is 0 Å². The van der Waals surface area contributed by atoms with E-state index in [9.17, 15) is 0 Å². The number of hydrogen-bond acceptors (Lipinski definition) is 3. The zero-order chi connectivity index (χ0) is 29.7. The normalized spacial score (nSPS) is 22.4. The van der Waals surface area contributed by atoms with Crippen molar-refractivity contribution in [2.75, 3.05) is 4.90 Å². The lowest BCUT2D eigenvalue weighted by Gasteiger charge is -2.46. The molecule has 0 aliphatic heterocycles. The summed E-state index contributed by atoms with van der Waals surface area (Å²) in [6.07, 6.45) is 9.76. The minimum absolute atomic E-state index is 0.496. The Labute approximate surface area is 264 Å². The van der Waals surface area contributed by atoms with Gasteiger partial charge in [0.05, 0.1) is 5.39 Å². The summed E-state index contributed by atoms with van der Waals surface area (Å²) in [5, 5.41) is 4.73. The molecule has 2 aliphatic rings. The lowest BCUT2D eigenvalue weighted by atomic mass is 9.78. The highest BCUT2D eigenvalue weighted by Crippen LogP contribution is 2.48. The fraction of sp³-hybridized carbons (Fsp3) is 0.286. The predicted molar refractivity (Wildman–Crippen MR) is 186 cm³/mol. The van der Waals surface area contributed by atoms with Crippen LogP contribution in [-0.4, -0.2) is 12.1 Å². The Balaban J connectivity index is 1.18. The summed E-state index contributed by atoms with van der Waals surface area (Å²) in [6, 6.07) is 42.8. The van der Waals surface area contributed by atoms with E-state index in [1.165, 1.54) is 79.0 Å². The van der Waals surface area contributed by atoms with Crippen molar-refractivity contribution in [3.8, 4) is 0 Å². The highest BCUT2D eigenvalue weighted by molar-refractivity contribution is 6.23. The van der Waals surface area contributed by atoms with Gasteiger partial charge in [-0.2, -0.15) is 0 Å². The third-order valence-electron chi connectivity index (χ3n) is 11.0. The molecule has 7 aromatic rings. The van der Waals surface area contributed by atoms with Crippen molar-refractivity contribution in [2.24, 2.45) is 0 Å².